The Hall–Kier alpha value is -3.21. The topological polar surface area (TPSA) is 61.9 Å². The van der Waals surface area contributed by atoms with Crippen molar-refractivity contribution in [2.75, 3.05) is 7.05 Å². The van der Waals surface area contributed by atoms with Gasteiger partial charge in [-0.3, -0.25) is 9.78 Å². The Bertz CT molecular complexity index is 1110. The maximum atomic E-state index is 13.2. The minimum absolute atomic E-state index is 0.0285. The maximum Gasteiger partial charge on any atom is 0.254 e. The summed E-state index contributed by atoms with van der Waals surface area (Å²) in [5.41, 5.74) is 5.46. The average Bonchev–Trinajstić information content (AvgIpc) is 3.08. The van der Waals surface area contributed by atoms with E-state index in [0.29, 0.717) is 12.1 Å². The number of nitrogens with zero attached hydrogens (tertiary/aromatic N) is 3. The molecule has 136 valence electrons. The second-order valence-electron chi connectivity index (χ2n) is 6.88. The zero-order valence-corrected chi connectivity index (χ0v) is 15.8. The lowest BCUT2D eigenvalue weighted by Gasteiger charge is -2.17. The van der Waals surface area contributed by atoms with E-state index in [-0.39, 0.29) is 5.91 Å². The van der Waals surface area contributed by atoms with Gasteiger partial charge in [-0.15, -0.1) is 0 Å². The number of pyridine rings is 1. The number of hydrogen-bond acceptors (Lipinski definition) is 3. The van der Waals surface area contributed by atoms with Crippen molar-refractivity contribution in [2.24, 2.45) is 0 Å². The van der Waals surface area contributed by atoms with Crippen LogP contribution in [0.2, 0.25) is 0 Å². The summed E-state index contributed by atoms with van der Waals surface area (Å²) in [6.45, 7) is 4.45. The summed E-state index contributed by atoms with van der Waals surface area (Å²) in [5, 5.41) is 0.904. The average molecular weight is 358 g/mol. The van der Waals surface area contributed by atoms with Crippen LogP contribution in [0.25, 0.3) is 21.9 Å². The molecule has 2 heterocycles. The summed E-state index contributed by atoms with van der Waals surface area (Å²) >= 11 is 0. The van der Waals surface area contributed by atoms with Gasteiger partial charge in [0.25, 0.3) is 5.91 Å². The first-order valence-corrected chi connectivity index (χ1v) is 9.14. The summed E-state index contributed by atoms with van der Waals surface area (Å²) in [6, 6.07) is 15.9. The van der Waals surface area contributed by atoms with Gasteiger partial charge in [0, 0.05) is 18.1 Å². The number of benzene rings is 2. The second-order valence-corrected chi connectivity index (χ2v) is 6.88. The molecule has 0 aliphatic rings. The highest BCUT2D eigenvalue weighted by molar-refractivity contribution is 6.06. The van der Waals surface area contributed by atoms with Gasteiger partial charge in [-0.05, 0) is 49.2 Å². The zero-order valence-electron chi connectivity index (χ0n) is 15.8. The van der Waals surface area contributed by atoms with Crippen LogP contribution in [-0.4, -0.2) is 32.8 Å². The van der Waals surface area contributed by atoms with Crippen LogP contribution in [-0.2, 0) is 13.0 Å². The Morgan fingerprint density at radius 2 is 1.89 bits per heavy atom. The molecule has 0 atom stereocenters. The van der Waals surface area contributed by atoms with Crippen LogP contribution in [0.4, 0.5) is 0 Å². The molecule has 0 fully saturated rings. The molecule has 4 aromatic rings. The van der Waals surface area contributed by atoms with Crippen LogP contribution in [0.5, 0.6) is 0 Å². The fraction of sp³-hybridized carbons (Fsp3) is 0.227. The third-order valence-corrected chi connectivity index (χ3v) is 4.81. The van der Waals surface area contributed by atoms with E-state index in [1.54, 1.807) is 11.9 Å². The van der Waals surface area contributed by atoms with Crippen molar-refractivity contribution in [3.05, 3.63) is 71.2 Å². The van der Waals surface area contributed by atoms with Crippen LogP contribution >= 0.6 is 0 Å². The number of aryl methyl sites for hydroxylation is 2. The predicted molar refractivity (Wildman–Crippen MR) is 108 cm³/mol. The van der Waals surface area contributed by atoms with Gasteiger partial charge in [-0.1, -0.05) is 25.1 Å². The lowest BCUT2D eigenvalue weighted by atomic mass is 10.0. The van der Waals surface area contributed by atoms with Gasteiger partial charge in [0.15, 0.2) is 0 Å². The molecule has 2 aromatic heterocycles. The number of aromatic nitrogens is 3. The van der Waals surface area contributed by atoms with Gasteiger partial charge >= 0.3 is 0 Å². The van der Waals surface area contributed by atoms with Gasteiger partial charge in [0.2, 0.25) is 0 Å². The van der Waals surface area contributed by atoms with E-state index in [9.17, 15) is 4.79 Å². The summed E-state index contributed by atoms with van der Waals surface area (Å²) < 4.78 is 0. The quantitative estimate of drug-likeness (QED) is 0.593. The number of fused-ring (bicyclic) bond motifs is 2. The Kier molecular flexibility index (Phi) is 4.36. The third-order valence-electron chi connectivity index (χ3n) is 4.81. The Labute approximate surface area is 158 Å². The molecule has 0 aliphatic heterocycles. The number of amides is 1. The van der Waals surface area contributed by atoms with E-state index < -0.39 is 0 Å². The first-order chi connectivity index (χ1) is 13.0. The molecule has 0 unspecified atom stereocenters. The molecule has 0 bridgehead atoms. The van der Waals surface area contributed by atoms with Crippen molar-refractivity contribution in [1.82, 2.24) is 19.9 Å². The number of nitrogens with one attached hydrogen (secondary N) is 1. The minimum Gasteiger partial charge on any atom is -0.340 e. The van der Waals surface area contributed by atoms with Crippen molar-refractivity contribution in [1.29, 1.82) is 0 Å². The molecule has 1 N–H and O–H groups in total. The van der Waals surface area contributed by atoms with Crippen molar-refractivity contribution >= 4 is 27.8 Å². The Balaban J connectivity index is 1.68. The highest BCUT2D eigenvalue weighted by atomic mass is 16.2. The van der Waals surface area contributed by atoms with E-state index in [2.05, 4.69) is 34.0 Å². The van der Waals surface area contributed by atoms with Gasteiger partial charge in [-0.25, -0.2) is 4.98 Å². The smallest absolute Gasteiger partial charge is 0.254 e. The van der Waals surface area contributed by atoms with E-state index in [4.69, 9.17) is 0 Å². The number of carbonyl (C=O) groups is 1. The van der Waals surface area contributed by atoms with E-state index >= 15 is 0 Å². The summed E-state index contributed by atoms with van der Waals surface area (Å²) in [5.74, 6) is 0.746. The Morgan fingerprint density at radius 1 is 1.07 bits per heavy atom. The minimum atomic E-state index is -0.0285. The van der Waals surface area contributed by atoms with Crippen molar-refractivity contribution in [3.63, 3.8) is 0 Å². The lowest BCUT2D eigenvalue weighted by molar-refractivity contribution is 0.0783. The molecule has 0 radical (unpaired) electrons. The van der Waals surface area contributed by atoms with E-state index in [1.165, 1.54) is 5.56 Å². The molecular formula is C22H22N4O. The molecule has 0 spiro atoms. The van der Waals surface area contributed by atoms with Crippen molar-refractivity contribution < 1.29 is 4.79 Å². The van der Waals surface area contributed by atoms with Gasteiger partial charge in [-0.2, -0.15) is 0 Å². The summed E-state index contributed by atoms with van der Waals surface area (Å²) in [4.78, 5) is 27.3. The van der Waals surface area contributed by atoms with Gasteiger partial charge in [0.1, 0.15) is 5.82 Å². The molecular weight excluding hydrogens is 336 g/mol. The fourth-order valence-corrected chi connectivity index (χ4v) is 3.38. The molecule has 1 amide bonds. The van der Waals surface area contributed by atoms with Crippen LogP contribution in [0.1, 0.15) is 34.4 Å². The highest BCUT2D eigenvalue weighted by Gasteiger charge is 2.18. The van der Waals surface area contributed by atoms with Crippen LogP contribution in [0, 0.1) is 6.92 Å². The summed E-state index contributed by atoms with van der Waals surface area (Å²) in [7, 11) is 1.81. The number of imidazole rings is 1. The first kappa shape index (κ1) is 17.2. The Morgan fingerprint density at radius 3 is 2.67 bits per heavy atom. The normalized spacial score (nSPS) is 11.2. The number of H-pyrrole nitrogens is 1. The van der Waals surface area contributed by atoms with Crippen LogP contribution in [0.3, 0.4) is 0 Å². The van der Waals surface area contributed by atoms with Crippen molar-refractivity contribution in [3.8, 4) is 0 Å². The largest absolute Gasteiger partial charge is 0.340 e. The number of carbonyl (C=O) groups excluding carboxylic acids is 1. The van der Waals surface area contributed by atoms with E-state index in [0.717, 1.165) is 39.9 Å². The molecule has 4 rings (SSSR count). The summed E-state index contributed by atoms with van der Waals surface area (Å²) in [6.07, 6.45) is 0.923. The van der Waals surface area contributed by atoms with Gasteiger partial charge in [0.05, 0.1) is 28.7 Å². The third kappa shape index (κ3) is 3.28. The molecule has 0 saturated heterocycles. The number of hydrogen-bond donors (Lipinski definition) is 1. The molecule has 2 aromatic carbocycles. The molecule has 5 nitrogen and oxygen atoms in total. The molecule has 0 aliphatic carbocycles. The van der Waals surface area contributed by atoms with Gasteiger partial charge < -0.3 is 9.88 Å². The maximum absolute atomic E-state index is 13.2. The number of para-hydroxylation sites is 2. The highest BCUT2D eigenvalue weighted by Crippen LogP contribution is 2.22. The first-order valence-electron chi connectivity index (χ1n) is 9.14. The van der Waals surface area contributed by atoms with Crippen LogP contribution in [0.15, 0.2) is 48.5 Å². The monoisotopic (exact) mass is 358 g/mol. The lowest BCUT2D eigenvalue weighted by Crippen LogP contribution is -2.27. The second kappa shape index (κ2) is 6.83. The SMILES string of the molecule is CCc1ccc2nc(C)cc(C(=O)N(C)Cc3nc4ccccc4[nH]3)c2c1. The number of aromatic amines is 1. The van der Waals surface area contributed by atoms with E-state index in [1.807, 2.05) is 43.3 Å². The standard InChI is InChI=1S/C22H22N4O/c1-4-15-9-10-18-16(12-15)17(11-14(2)23-18)22(27)26(3)13-21-24-19-7-5-6-8-20(19)25-21/h5-12H,4,13H2,1-3H3,(H,24,25). The zero-order chi connectivity index (χ0) is 19.0. The molecule has 27 heavy (non-hydrogen) atoms. The fourth-order valence-electron chi connectivity index (χ4n) is 3.38. The molecule has 5 heteroatoms. The molecule has 0 saturated carbocycles. The number of rotatable bonds is 4. The predicted octanol–water partition coefficient (Wildman–Crippen LogP) is 4.25. The van der Waals surface area contributed by atoms with Crippen LogP contribution < -0.4 is 0 Å². The van der Waals surface area contributed by atoms with Crippen molar-refractivity contribution in [2.45, 2.75) is 26.8 Å².